The molecule has 0 unspecified atom stereocenters. The van der Waals surface area contributed by atoms with Crippen molar-refractivity contribution in [1.29, 1.82) is 0 Å². The number of nitrogens with zero attached hydrogens (tertiary/aromatic N) is 1. The molecule has 0 aliphatic rings. The zero-order valence-corrected chi connectivity index (χ0v) is 13.6. The second-order valence-corrected chi connectivity index (χ2v) is 6.56. The van der Waals surface area contributed by atoms with Gasteiger partial charge >= 0.3 is 6.09 Å². The fourth-order valence-corrected chi connectivity index (χ4v) is 2.63. The molecule has 0 atom stereocenters. The molecule has 0 aliphatic carbocycles. The van der Waals surface area contributed by atoms with Crippen LogP contribution in [0, 0.1) is 0 Å². The Morgan fingerprint density at radius 1 is 1.29 bits per heavy atom. The SMILES string of the molecule is CCc1csc(-c2ccc(NC(=O)OC(C)(C)C)cc2)n1. The van der Waals surface area contributed by atoms with Gasteiger partial charge in [0.15, 0.2) is 0 Å². The van der Waals surface area contributed by atoms with Gasteiger partial charge in [0.05, 0.1) is 5.69 Å². The number of hydrogen-bond donors (Lipinski definition) is 1. The lowest BCUT2D eigenvalue weighted by Gasteiger charge is -2.19. The molecular formula is C16H20N2O2S. The van der Waals surface area contributed by atoms with Crippen LogP contribution in [-0.4, -0.2) is 16.7 Å². The van der Waals surface area contributed by atoms with E-state index in [0.29, 0.717) is 5.69 Å². The number of aryl methyl sites for hydroxylation is 1. The average Bonchev–Trinajstić information content (AvgIpc) is 2.86. The zero-order chi connectivity index (χ0) is 15.5. The maximum atomic E-state index is 11.7. The van der Waals surface area contributed by atoms with Crippen molar-refractivity contribution in [3.8, 4) is 10.6 Å². The molecule has 2 rings (SSSR count). The van der Waals surface area contributed by atoms with Crippen LogP contribution in [0.25, 0.3) is 10.6 Å². The molecular weight excluding hydrogens is 284 g/mol. The fraction of sp³-hybridized carbons (Fsp3) is 0.375. The highest BCUT2D eigenvalue weighted by Gasteiger charge is 2.16. The topological polar surface area (TPSA) is 51.2 Å². The number of carbonyl (C=O) groups excluding carboxylic acids is 1. The predicted molar refractivity (Wildman–Crippen MR) is 86.8 cm³/mol. The molecule has 21 heavy (non-hydrogen) atoms. The molecule has 2 aromatic rings. The number of hydrogen-bond acceptors (Lipinski definition) is 4. The fourth-order valence-electron chi connectivity index (χ4n) is 1.72. The van der Waals surface area contributed by atoms with E-state index in [0.717, 1.165) is 22.7 Å². The van der Waals surface area contributed by atoms with Crippen molar-refractivity contribution < 1.29 is 9.53 Å². The maximum Gasteiger partial charge on any atom is 0.412 e. The molecule has 0 spiro atoms. The summed E-state index contributed by atoms with van der Waals surface area (Å²) >= 11 is 1.63. The lowest BCUT2D eigenvalue weighted by Crippen LogP contribution is -2.27. The Morgan fingerprint density at radius 3 is 2.48 bits per heavy atom. The van der Waals surface area contributed by atoms with Crippen LogP contribution < -0.4 is 5.32 Å². The molecule has 112 valence electrons. The molecule has 5 heteroatoms. The third-order valence-corrected chi connectivity index (χ3v) is 3.63. The quantitative estimate of drug-likeness (QED) is 0.892. The molecule has 0 aliphatic heterocycles. The molecule has 0 radical (unpaired) electrons. The lowest BCUT2D eigenvalue weighted by atomic mass is 10.2. The van der Waals surface area contributed by atoms with E-state index in [9.17, 15) is 4.79 Å². The maximum absolute atomic E-state index is 11.7. The van der Waals surface area contributed by atoms with E-state index in [1.165, 1.54) is 0 Å². The first-order valence-corrected chi connectivity index (χ1v) is 7.80. The van der Waals surface area contributed by atoms with Gasteiger partial charge in [-0.1, -0.05) is 6.92 Å². The van der Waals surface area contributed by atoms with Crippen LogP contribution in [0.3, 0.4) is 0 Å². The minimum Gasteiger partial charge on any atom is -0.444 e. The Hall–Kier alpha value is -1.88. The van der Waals surface area contributed by atoms with E-state index >= 15 is 0 Å². The van der Waals surface area contributed by atoms with Gasteiger partial charge in [-0.15, -0.1) is 11.3 Å². The van der Waals surface area contributed by atoms with Crippen molar-refractivity contribution in [3.05, 3.63) is 35.3 Å². The first-order valence-electron chi connectivity index (χ1n) is 6.92. The van der Waals surface area contributed by atoms with Crippen molar-refractivity contribution in [1.82, 2.24) is 4.98 Å². The summed E-state index contributed by atoms with van der Waals surface area (Å²) in [7, 11) is 0. The largest absolute Gasteiger partial charge is 0.444 e. The first kappa shape index (κ1) is 15.5. The molecule has 1 heterocycles. The summed E-state index contributed by atoms with van der Waals surface area (Å²) in [4.78, 5) is 16.2. The number of thiazole rings is 1. The molecule has 0 fully saturated rings. The minimum atomic E-state index is -0.499. The molecule has 4 nitrogen and oxygen atoms in total. The Kier molecular flexibility index (Phi) is 4.63. The van der Waals surface area contributed by atoms with Gasteiger partial charge in [0.1, 0.15) is 10.6 Å². The van der Waals surface area contributed by atoms with Crippen LogP contribution in [0.2, 0.25) is 0 Å². The van der Waals surface area contributed by atoms with Crippen molar-refractivity contribution in [2.45, 2.75) is 39.7 Å². The zero-order valence-electron chi connectivity index (χ0n) is 12.8. The molecule has 1 aromatic carbocycles. The van der Waals surface area contributed by atoms with Gasteiger partial charge in [-0.05, 0) is 51.5 Å². The van der Waals surface area contributed by atoms with Crippen LogP contribution >= 0.6 is 11.3 Å². The van der Waals surface area contributed by atoms with Gasteiger partial charge in [-0.2, -0.15) is 0 Å². The number of aromatic nitrogens is 1. The van der Waals surface area contributed by atoms with Crippen LogP contribution in [0.4, 0.5) is 10.5 Å². The van der Waals surface area contributed by atoms with E-state index in [2.05, 4.69) is 22.6 Å². The summed E-state index contributed by atoms with van der Waals surface area (Å²) in [5.41, 5.74) is 2.36. The second-order valence-electron chi connectivity index (χ2n) is 5.70. The first-order chi connectivity index (χ1) is 9.87. The van der Waals surface area contributed by atoms with Gasteiger partial charge in [-0.25, -0.2) is 9.78 Å². The lowest BCUT2D eigenvalue weighted by molar-refractivity contribution is 0.0636. The summed E-state index contributed by atoms with van der Waals surface area (Å²) in [5, 5.41) is 5.78. The van der Waals surface area contributed by atoms with Crippen LogP contribution in [0.1, 0.15) is 33.4 Å². The summed E-state index contributed by atoms with van der Waals surface area (Å²) in [6.45, 7) is 7.60. The van der Waals surface area contributed by atoms with Crippen LogP contribution in [0.5, 0.6) is 0 Å². The Balaban J connectivity index is 2.03. The second kappa shape index (κ2) is 6.26. The highest BCUT2D eigenvalue weighted by Crippen LogP contribution is 2.25. The Bertz CT molecular complexity index is 612. The van der Waals surface area contributed by atoms with E-state index in [1.54, 1.807) is 11.3 Å². The normalized spacial score (nSPS) is 11.2. The van der Waals surface area contributed by atoms with Gasteiger partial charge < -0.3 is 4.74 Å². The predicted octanol–water partition coefficient (Wildman–Crippen LogP) is 4.72. The molecule has 1 aromatic heterocycles. The summed E-state index contributed by atoms with van der Waals surface area (Å²) < 4.78 is 5.21. The Labute approximate surface area is 129 Å². The van der Waals surface area contributed by atoms with E-state index in [4.69, 9.17) is 4.74 Å². The Morgan fingerprint density at radius 2 is 1.95 bits per heavy atom. The molecule has 1 amide bonds. The van der Waals surface area contributed by atoms with Crippen molar-refractivity contribution in [2.24, 2.45) is 0 Å². The summed E-state index contributed by atoms with van der Waals surface area (Å²) in [5.74, 6) is 0. The summed E-state index contributed by atoms with van der Waals surface area (Å²) in [6.07, 6.45) is 0.493. The molecule has 1 N–H and O–H groups in total. The van der Waals surface area contributed by atoms with Crippen LogP contribution in [-0.2, 0) is 11.2 Å². The highest BCUT2D eigenvalue weighted by atomic mass is 32.1. The molecule has 0 saturated carbocycles. The number of benzene rings is 1. The van der Waals surface area contributed by atoms with E-state index < -0.39 is 11.7 Å². The highest BCUT2D eigenvalue weighted by molar-refractivity contribution is 7.13. The number of nitrogens with one attached hydrogen (secondary N) is 1. The number of carbonyl (C=O) groups is 1. The van der Waals surface area contributed by atoms with Crippen molar-refractivity contribution in [2.75, 3.05) is 5.32 Å². The van der Waals surface area contributed by atoms with Gasteiger partial charge in [0.2, 0.25) is 0 Å². The van der Waals surface area contributed by atoms with Crippen molar-refractivity contribution in [3.63, 3.8) is 0 Å². The monoisotopic (exact) mass is 304 g/mol. The van der Waals surface area contributed by atoms with E-state index in [1.807, 2.05) is 45.0 Å². The minimum absolute atomic E-state index is 0.447. The van der Waals surface area contributed by atoms with Gasteiger partial charge in [-0.3, -0.25) is 5.32 Å². The summed E-state index contributed by atoms with van der Waals surface area (Å²) in [6, 6.07) is 7.61. The van der Waals surface area contributed by atoms with Crippen molar-refractivity contribution >= 4 is 23.1 Å². The number of anilines is 1. The number of ether oxygens (including phenoxy) is 1. The third kappa shape index (κ3) is 4.56. The standard InChI is InChI=1S/C16H20N2O2S/c1-5-12-10-21-14(17-12)11-6-8-13(9-7-11)18-15(19)20-16(2,3)4/h6-10H,5H2,1-4H3,(H,18,19). The number of amides is 1. The third-order valence-electron chi connectivity index (χ3n) is 2.69. The smallest absolute Gasteiger partial charge is 0.412 e. The number of rotatable bonds is 3. The molecule has 0 bridgehead atoms. The molecule has 0 saturated heterocycles. The van der Waals surface area contributed by atoms with Gasteiger partial charge in [0.25, 0.3) is 0 Å². The average molecular weight is 304 g/mol. The van der Waals surface area contributed by atoms with E-state index in [-0.39, 0.29) is 0 Å². The van der Waals surface area contributed by atoms with Crippen LogP contribution in [0.15, 0.2) is 29.6 Å². The van der Waals surface area contributed by atoms with Gasteiger partial charge in [0, 0.05) is 16.6 Å².